The largest absolute Gasteiger partial charge is 0.416 e. The van der Waals surface area contributed by atoms with E-state index in [1.807, 2.05) is 31.2 Å². The van der Waals surface area contributed by atoms with Gasteiger partial charge >= 0.3 is 12.4 Å². The molecule has 0 spiro atoms. The van der Waals surface area contributed by atoms with Crippen molar-refractivity contribution in [2.75, 3.05) is 20.1 Å². The molecule has 1 amide bonds. The van der Waals surface area contributed by atoms with Crippen LogP contribution in [0.1, 0.15) is 53.1 Å². The van der Waals surface area contributed by atoms with E-state index >= 15 is 0 Å². The van der Waals surface area contributed by atoms with Crippen molar-refractivity contribution in [1.82, 2.24) is 10.2 Å². The number of nitrogens with zero attached hydrogens (tertiary/aromatic N) is 1. The number of hydrogen-bond donors (Lipinski definition) is 1. The number of rotatable bonds is 4. The van der Waals surface area contributed by atoms with Crippen LogP contribution < -0.4 is 5.32 Å². The van der Waals surface area contributed by atoms with Crippen molar-refractivity contribution >= 4 is 5.91 Å². The summed E-state index contributed by atoms with van der Waals surface area (Å²) in [6.07, 6.45) is -9.36. The third kappa shape index (κ3) is 5.51. The molecule has 1 aliphatic rings. The number of benzene rings is 2. The molecule has 2 unspecified atom stereocenters. The second kappa shape index (κ2) is 9.37. The number of carbonyl (C=O) groups excluding carboxylic acids is 1. The van der Waals surface area contributed by atoms with Crippen LogP contribution in [0.15, 0.2) is 42.5 Å². The maximum atomic E-state index is 13.4. The molecule has 3 nitrogen and oxygen atoms in total. The van der Waals surface area contributed by atoms with Crippen molar-refractivity contribution in [3.63, 3.8) is 0 Å². The molecule has 1 saturated heterocycles. The second-order valence-corrected chi connectivity index (χ2v) is 8.53. The summed E-state index contributed by atoms with van der Waals surface area (Å²) < 4.78 is 79.6. The Bertz CT molecular complexity index is 969. The van der Waals surface area contributed by atoms with Gasteiger partial charge in [-0.3, -0.25) is 4.79 Å². The van der Waals surface area contributed by atoms with Gasteiger partial charge in [0, 0.05) is 25.4 Å². The molecule has 1 aliphatic heterocycles. The van der Waals surface area contributed by atoms with Crippen LogP contribution in [0, 0.1) is 12.8 Å². The third-order valence-corrected chi connectivity index (χ3v) is 6.41. The normalized spacial score (nSPS) is 20.4. The van der Waals surface area contributed by atoms with Crippen molar-refractivity contribution in [1.29, 1.82) is 0 Å². The summed E-state index contributed by atoms with van der Waals surface area (Å²) in [7, 11) is 1.43. The topological polar surface area (TPSA) is 32.3 Å². The predicted molar refractivity (Wildman–Crippen MR) is 113 cm³/mol. The number of nitrogens with one attached hydrogen (secondary N) is 1. The molecule has 180 valence electrons. The fourth-order valence-electron chi connectivity index (χ4n) is 4.38. The summed E-state index contributed by atoms with van der Waals surface area (Å²) in [5, 5.41) is 3.27. The zero-order valence-corrected chi connectivity index (χ0v) is 18.5. The highest BCUT2D eigenvalue weighted by Crippen LogP contribution is 2.39. The lowest BCUT2D eigenvalue weighted by Crippen LogP contribution is -2.44. The average Bonchev–Trinajstić information content (AvgIpc) is 2.76. The summed E-state index contributed by atoms with van der Waals surface area (Å²) >= 11 is 0. The zero-order chi connectivity index (χ0) is 24.6. The molecule has 2 aromatic carbocycles. The lowest BCUT2D eigenvalue weighted by atomic mass is 9.79. The maximum Gasteiger partial charge on any atom is 0.416 e. The lowest BCUT2D eigenvalue weighted by molar-refractivity contribution is -0.143. The molecule has 1 heterocycles. The molecule has 0 radical (unpaired) electrons. The Morgan fingerprint density at radius 1 is 1.03 bits per heavy atom. The van der Waals surface area contributed by atoms with Crippen molar-refractivity contribution < 1.29 is 31.1 Å². The Morgan fingerprint density at radius 2 is 1.61 bits per heavy atom. The van der Waals surface area contributed by atoms with E-state index in [2.05, 4.69) is 5.32 Å². The quantitative estimate of drug-likeness (QED) is 0.558. The standard InChI is InChI=1S/C24H26F6N2O/c1-14-6-4-5-7-19(14)21-13-31-9-8-20(21)22(33)32(3)15(2)16-10-17(23(25,26)27)12-18(11-16)24(28,29)30/h4-7,10-12,15,20-21,31H,8-9,13H2,1-3H3/t15-,20?,21?/m0/s1. The summed E-state index contributed by atoms with van der Waals surface area (Å²) in [6, 6.07) is 8.15. The molecule has 3 rings (SSSR count). The van der Waals surface area contributed by atoms with Crippen LogP contribution in [-0.2, 0) is 17.1 Å². The number of amides is 1. The molecule has 1 fully saturated rings. The minimum absolute atomic E-state index is 0.0963. The molecule has 3 atom stereocenters. The summed E-state index contributed by atoms with van der Waals surface area (Å²) in [5.41, 5.74) is -0.969. The second-order valence-electron chi connectivity index (χ2n) is 8.53. The molecule has 0 aromatic heterocycles. The van der Waals surface area contributed by atoms with Gasteiger partial charge in [-0.05, 0) is 61.7 Å². The Hall–Kier alpha value is -2.55. The highest BCUT2D eigenvalue weighted by Gasteiger charge is 2.39. The van der Waals surface area contributed by atoms with E-state index in [1.54, 1.807) is 0 Å². The molecule has 2 aromatic rings. The van der Waals surface area contributed by atoms with Crippen molar-refractivity contribution in [2.24, 2.45) is 5.92 Å². The van der Waals surface area contributed by atoms with Gasteiger partial charge in [0.1, 0.15) is 0 Å². The van der Waals surface area contributed by atoms with Crippen LogP contribution in [-0.4, -0.2) is 30.9 Å². The molecule has 33 heavy (non-hydrogen) atoms. The van der Waals surface area contributed by atoms with E-state index in [0.717, 1.165) is 11.1 Å². The monoisotopic (exact) mass is 472 g/mol. The summed E-state index contributed by atoms with van der Waals surface area (Å²) in [5.74, 6) is -0.884. The van der Waals surface area contributed by atoms with E-state index in [4.69, 9.17) is 0 Å². The first kappa shape index (κ1) is 25.1. The minimum Gasteiger partial charge on any atom is -0.339 e. The Morgan fingerprint density at radius 3 is 2.15 bits per heavy atom. The first-order valence-corrected chi connectivity index (χ1v) is 10.6. The van der Waals surface area contributed by atoms with Crippen LogP contribution in [0.25, 0.3) is 0 Å². The SMILES string of the molecule is Cc1ccccc1C1CNCCC1C(=O)N(C)[C@@H](C)c1cc(C(F)(F)F)cc(C(F)(F)F)c1. The van der Waals surface area contributed by atoms with Gasteiger partial charge in [-0.1, -0.05) is 24.3 Å². The number of alkyl halides is 6. The van der Waals surface area contributed by atoms with Gasteiger partial charge in [-0.2, -0.15) is 26.3 Å². The number of halogens is 6. The zero-order valence-electron chi connectivity index (χ0n) is 18.5. The van der Waals surface area contributed by atoms with Gasteiger partial charge < -0.3 is 10.2 Å². The fourth-order valence-corrected chi connectivity index (χ4v) is 4.38. The molecule has 9 heteroatoms. The molecule has 0 aliphatic carbocycles. The number of carbonyl (C=O) groups is 1. The van der Waals surface area contributed by atoms with Crippen LogP contribution in [0.5, 0.6) is 0 Å². The Kier molecular flexibility index (Phi) is 7.12. The minimum atomic E-state index is -4.94. The maximum absolute atomic E-state index is 13.4. The first-order valence-electron chi connectivity index (χ1n) is 10.6. The third-order valence-electron chi connectivity index (χ3n) is 6.41. The van der Waals surface area contributed by atoms with Gasteiger partial charge in [0.15, 0.2) is 0 Å². The van der Waals surface area contributed by atoms with Gasteiger partial charge in [-0.25, -0.2) is 0 Å². The molecular weight excluding hydrogens is 446 g/mol. The highest BCUT2D eigenvalue weighted by atomic mass is 19.4. The highest BCUT2D eigenvalue weighted by molar-refractivity contribution is 5.80. The van der Waals surface area contributed by atoms with E-state index in [9.17, 15) is 31.1 Å². The first-order chi connectivity index (χ1) is 15.3. The molecule has 0 bridgehead atoms. The van der Waals surface area contributed by atoms with Crippen LogP contribution in [0.3, 0.4) is 0 Å². The predicted octanol–water partition coefficient (Wildman–Crippen LogP) is 5.95. The average molecular weight is 472 g/mol. The van der Waals surface area contributed by atoms with Gasteiger partial charge in [0.2, 0.25) is 5.91 Å². The van der Waals surface area contributed by atoms with E-state index < -0.39 is 35.4 Å². The molecular formula is C24H26F6N2O. The Labute approximate surface area is 188 Å². The van der Waals surface area contributed by atoms with Crippen LogP contribution >= 0.6 is 0 Å². The van der Waals surface area contributed by atoms with Crippen molar-refractivity contribution in [2.45, 2.75) is 44.6 Å². The fraction of sp³-hybridized carbons (Fsp3) is 0.458. The van der Waals surface area contributed by atoms with Crippen molar-refractivity contribution in [3.8, 4) is 0 Å². The molecule has 1 N–H and O–H groups in total. The van der Waals surface area contributed by atoms with Gasteiger partial charge in [0.05, 0.1) is 17.2 Å². The number of aryl methyl sites for hydroxylation is 1. The van der Waals surface area contributed by atoms with E-state index in [-0.39, 0.29) is 23.5 Å². The van der Waals surface area contributed by atoms with Crippen LogP contribution in [0.4, 0.5) is 26.3 Å². The summed E-state index contributed by atoms with van der Waals surface area (Å²) in [4.78, 5) is 14.7. The number of piperidine rings is 1. The van der Waals surface area contributed by atoms with E-state index in [0.29, 0.717) is 31.6 Å². The van der Waals surface area contributed by atoms with Gasteiger partial charge in [-0.15, -0.1) is 0 Å². The van der Waals surface area contributed by atoms with E-state index in [1.165, 1.54) is 18.9 Å². The lowest BCUT2D eigenvalue weighted by Gasteiger charge is -2.37. The summed E-state index contributed by atoms with van der Waals surface area (Å²) in [6.45, 7) is 4.55. The Balaban J connectivity index is 1.93. The smallest absolute Gasteiger partial charge is 0.339 e. The number of hydrogen-bond acceptors (Lipinski definition) is 2. The van der Waals surface area contributed by atoms with Crippen molar-refractivity contribution in [3.05, 3.63) is 70.3 Å². The van der Waals surface area contributed by atoms with Crippen LogP contribution in [0.2, 0.25) is 0 Å². The molecule has 0 saturated carbocycles. The van der Waals surface area contributed by atoms with Gasteiger partial charge in [0.25, 0.3) is 0 Å².